The average molecular weight is 409 g/mol. The van der Waals surface area contributed by atoms with E-state index in [-0.39, 0.29) is 17.6 Å². The van der Waals surface area contributed by atoms with Crippen LogP contribution in [0, 0.1) is 12.8 Å². The maximum absolute atomic E-state index is 12.4. The average Bonchev–Trinajstić information content (AvgIpc) is 2.76. The predicted octanol–water partition coefficient (Wildman–Crippen LogP) is 3.06. The molecule has 0 atom stereocenters. The number of ether oxygens (including phenoxy) is 1. The van der Waals surface area contributed by atoms with Gasteiger partial charge in [-0.1, -0.05) is 0 Å². The number of aryl methyl sites for hydroxylation is 1. The van der Waals surface area contributed by atoms with Gasteiger partial charge in [0.1, 0.15) is 11.6 Å². The van der Waals surface area contributed by atoms with Crippen LogP contribution in [0.5, 0.6) is 0 Å². The Bertz CT molecular complexity index is 899. The monoisotopic (exact) mass is 409 g/mol. The molecule has 1 aromatic heterocycles. The third-order valence-corrected chi connectivity index (χ3v) is 5.48. The van der Waals surface area contributed by atoms with Gasteiger partial charge in [-0.25, -0.2) is 4.98 Å². The Hall–Kier alpha value is -3.00. The SMILES string of the molecule is Cc1cc(Nc2ccc(NC(=O)C3CCC(=O)CC3)cc2)nc(N2CCOCC2)n1. The molecule has 2 aromatic rings. The van der Waals surface area contributed by atoms with E-state index >= 15 is 0 Å². The fourth-order valence-electron chi connectivity index (χ4n) is 3.75. The molecule has 8 heteroatoms. The second-order valence-electron chi connectivity index (χ2n) is 7.80. The molecule has 1 saturated carbocycles. The molecule has 2 aliphatic rings. The third kappa shape index (κ3) is 5.13. The first kappa shape index (κ1) is 20.3. The summed E-state index contributed by atoms with van der Waals surface area (Å²) in [6, 6.07) is 9.46. The number of amides is 1. The molecule has 1 aromatic carbocycles. The third-order valence-electron chi connectivity index (χ3n) is 5.48. The molecule has 8 nitrogen and oxygen atoms in total. The summed E-state index contributed by atoms with van der Waals surface area (Å²) < 4.78 is 5.40. The van der Waals surface area contributed by atoms with Gasteiger partial charge in [-0.2, -0.15) is 4.98 Å². The zero-order chi connectivity index (χ0) is 20.9. The highest BCUT2D eigenvalue weighted by atomic mass is 16.5. The van der Waals surface area contributed by atoms with Gasteiger partial charge in [-0.15, -0.1) is 0 Å². The van der Waals surface area contributed by atoms with E-state index in [1.807, 2.05) is 37.3 Å². The summed E-state index contributed by atoms with van der Waals surface area (Å²) >= 11 is 0. The Kier molecular flexibility index (Phi) is 6.23. The van der Waals surface area contributed by atoms with Gasteiger partial charge in [0.2, 0.25) is 11.9 Å². The summed E-state index contributed by atoms with van der Waals surface area (Å²) in [5.74, 6) is 1.60. The number of nitrogens with zero attached hydrogens (tertiary/aromatic N) is 3. The number of carbonyl (C=O) groups excluding carboxylic acids is 2. The van der Waals surface area contributed by atoms with Crippen molar-refractivity contribution in [1.29, 1.82) is 0 Å². The highest BCUT2D eigenvalue weighted by Crippen LogP contribution is 2.24. The van der Waals surface area contributed by atoms with Crippen LogP contribution in [0.4, 0.5) is 23.1 Å². The van der Waals surface area contributed by atoms with E-state index in [1.54, 1.807) is 0 Å². The van der Waals surface area contributed by atoms with Crippen molar-refractivity contribution in [3.63, 3.8) is 0 Å². The topological polar surface area (TPSA) is 96.5 Å². The van der Waals surface area contributed by atoms with Crippen LogP contribution in [-0.2, 0) is 14.3 Å². The minimum absolute atomic E-state index is 0.00946. The van der Waals surface area contributed by atoms with Gasteiger partial charge in [0.05, 0.1) is 13.2 Å². The Balaban J connectivity index is 1.38. The van der Waals surface area contributed by atoms with Gasteiger partial charge in [0.15, 0.2) is 0 Å². The maximum Gasteiger partial charge on any atom is 0.227 e. The summed E-state index contributed by atoms with van der Waals surface area (Å²) in [6.45, 7) is 4.89. The van der Waals surface area contributed by atoms with E-state index < -0.39 is 0 Å². The molecule has 2 heterocycles. The van der Waals surface area contributed by atoms with E-state index in [0.717, 1.165) is 36.0 Å². The van der Waals surface area contributed by atoms with Crippen molar-refractivity contribution < 1.29 is 14.3 Å². The molecule has 158 valence electrons. The summed E-state index contributed by atoms with van der Waals surface area (Å²) in [6.07, 6.45) is 2.29. The van der Waals surface area contributed by atoms with Crippen molar-refractivity contribution in [2.45, 2.75) is 32.6 Å². The largest absolute Gasteiger partial charge is 0.378 e. The van der Waals surface area contributed by atoms with E-state index in [1.165, 1.54) is 0 Å². The second kappa shape index (κ2) is 9.21. The predicted molar refractivity (Wildman–Crippen MR) is 115 cm³/mol. The number of Topliss-reactive ketones (excluding diaryl/α,β-unsaturated/α-hetero) is 1. The Morgan fingerprint density at radius 3 is 2.43 bits per heavy atom. The molecule has 0 unspecified atom stereocenters. The number of benzene rings is 1. The maximum atomic E-state index is 12.4. The van der Waals surface area contributed by atoms with E-state index in [2.05, 4.69) is 25.5 Å². The number of hydrogen-bond acceptors (Lipinski definition) is 7. The first-order valence-corrected chi connectivity index (χ1v) is 10.4. The Morgan fingerprint density at radius 2 is 1.73 bits per heavy atom. The van der Waals surface area contributed by atoms with Gasteiger partial charge in [0.25, 0.3) is 0 Å². The summed E-state index contributed by atoms with van der Waals surface area (Å²) in [5, 5.41) is 6.27. The summed E-state index contributed by atoms with van der Waals surface area (Å²) in [4.78, 5) is 35.1. The van der Waals surface area contributed by atoms with Crippen molar-refractivity contribution in [3.05, 3.63) is 36.0 Å². The number of anilines is 4. The number of ketones is 1. The number of rotatable bonds is 5. The molecule has 0 bridgehead atoms. The van der Waals surface area contributed by atoms with Crippen molar-refractivity contribution >= 4 is 34.8 Å². The molecule has 2 N–H and O–H groups in total. The Morgan fingerprint density at radius 1 is 1.07 bits per heavy atom. The van der Waals surface area contributed by atoms with Gasteiger partial charge in [0, 0.05) is 55.0 Å². The van der Waals surface area contributed by atoms with Gasteiger partial charge >= 0.3 is 0 Å². The molecule has 1 aliphatic carbocycles. The minimum Gasteiger partial charge on any atom is -0.378 e. The quantitative estimate of drug-likeness (QED) is 0.783. The van der Waals surface area contributed by atoms with Crippen LogP contribution in [0.25, 0.3) is 0 Å². The van der Waals surface area contributed by atoms with Crippen molar-refractivity contribution in [1.82, 2.24) is 9.97 Å². The van der Waals surface area contributed by atoms with Crippen LogP contribution >= 0.6 is 0 Å². The number of aromatic nitrogens is 2. The number of morpholine rings is 1. The number of nitrogens with one attached hydrogen (secondary N) is 2. The highest BCUT2D eigenvalue weighted by molar-refractivity contribution is 5.94. The van der Waals surface area contributed by atoms with Crippen LogP contribution < -0.4 is 15.5 Å². The lowest BCUT2D eigenvalue weighted by Gasteiger charge is -2.27. The normalized spacial score (nSPS) is 17.6. The first-order valence-electron chi connectivity index (χ1n) is 10.4. The van der Waals surface area contributed by atoms with Crippen molar-refractivity contribution in [3.8, 4) is 0 Å². The molecule has 4 rings (SSSR count). The van der Waals surface area contributed by atoms with Crippen LogP contribution in [0.15, 0.2) is 30.3 Å². The standard InChI is InChI=1S/C22H27N5O3/c1-15-14-20(26-22(23-15)27-10-12-30-13-11-27)24-17-4-6-18(7-5-17)25-21(29)16-2-8-19(28)9-3-16/h4-7,14,16H,2-3,8-13H2,1H3,(H,25,29)(H,23,24,26). The summed E-state index contributed by atoms with van der Waals surface area (Å²) in [5.41, 5.74) is 2.52. The zero-order valence-corrected chi connectivity index (χ0v) is 17.2. The van der Waals surface area contributed by atoms with Gasteiger partial charge in [-0.3, -0.25) is 9.59 Å². The lowest BCUT2D eigenvalue weighted by Crippen LogP contribution is -2.37. The zero-order valence-electron chi connectivity index (χ0n) is 17.2. The second-order valence-corrected chi connectivity index (χ2v) is 7.80. The van der Waals surface area contributed by atoms with Crippen LogP contribution in [0.2, 0.25) is 0 Å². The molecule has 30 heavy (non-hydrogen) atoms. The summed E-state index contributed by atoms with van der Waals surface area (Å²) in [7, 11) is 0. The van der Waals surface area contributed by atoms with Gasteiger partial charge in [-0.05, 0) is 44.0 Å². The number of carbonyl (C=O) groups is 2. The smallest absolute Gasteiger partial charge is 0.227 e. The lowest BCUT2D eigenvalue weighted by molar-refractivity contribution is -0.125. The van der Waals surface area contributed by atoms with E-state index in [0.29, 0.717) is 44.8 Å². The van der Waals surface area contributed by atoms with Crippen molar-refractivity contribution in [2.24, 2.45) is 5.92 Å². The molecule has 1 aliphatic heterocycles. The number of hydrogen-bond donors (Lipinski definition) is 2. The fraction of sp³-hybridized carbons (Fsp3) is 0.455. The molecule has 1 amide bonds. The van der Waals surface area contributed by atoms with Crippen LogP contribution in [-0.4, -0.2) is 48.0 Å². The molecule has 2 fully saturated rings. The molecular weight excluding hydrogens is 382 g/mol. The first-order chi connectivity index (χ1) is 14.6. The van der Waals surface area contributed by atoms with E-state index in [4.69, 9.17) is 4.74 Å². The van der Waals surface area contributed by atoms with E-state index in [9.17, 15) is 9.59 Å². The molecule has 1 saturated heterocycles. The van der Waals surface area contributed by atoms with Gasteiger partial charge < -0.3 is 20.3 Å². The molecule has 0 radical (unpaired) electrons. The minimum atomic E-state index is -0.0805. The molecular formula is C22H27N5O3. The lowest BCUT2D eigenvalue weighted by atomic mass is 9.88. The van der Waals surface area contributed by atoms with Crippen molar-refractivity contribution in [2.75, 3.05) is 41.8 Å². The molecule has 0 spiro atoms. The highest BCUT2D eigenvalue weighted by Gasteiger charge is 2.24. The Labute approximate surface area is 176 Å². The fourth-order valence-corrected chi connectivity index (χ4v) is 3.75. The van der Waals surface area contributed by atoms with Crippen LogP contribution in [0.3, 0.4) is 0 Å². The van der Waals surface area contributed by atoms with Crippen LogP contribution in [0.1, 0.15) is 31.4 Å².